The summed E-state index contributed by atoms with van der Waals surface area (Å²) in [5, 5.41) is 4.51. The number of rotatable bonds is 5. The van der Waals surface area contributed by atoms with Crippen molar-refractivity contribution in [2.75, 3.05) is 20.2 Å². The molecule has 144 valence electrons. The Hall–Kier alpha value is -3.42. The fourth-order valence-corrected chi connectivity index (χ4v) is 3.34. The smallest absolute Gasteiger partial charge is 0.272 e. The molecule has 3 aromatic rings. The third-order valence-electron chi connectivity index (χ3n) is 4.74. The fraction of sp³-hybridized carbons (Fsp3) is 0.300. The van der Waals surface area contributed by atoms with Crippen molar-refractivity contribution in [1.82, 2.24) is 24.6 Å². The standard InChI is InChI=1S/C20H21N5O3/c1-24-17(11-16(23-24)15-5-3-4-6-18(15)27-2)20(26)25-10-7-14(13-25)28-19-12-21-8-9-22-19/h3-6,8-9,11-12,14H,7,10,13H2,1-2H3. The molecule has 1 saturated heterocycles. The molecule has 28 heavy (non-hydrogen) atoms. The Bertz CT molecular complexity index is 973. The van der Waals surface area contributed by atoms with Crippen molar-refractivity contribution in [2.45, 2.75) is 12.5 Å². The molecular weight excluding hydrogens is 358 g/mol. The van der Waals surface area contributed by atoms with Gasteiger partial charge in [0.25, 0.3) is 5.91 Å². The molecule has 3 heterocycles. The molecule has 8 nitrogen and oxygen atoms in total. The number of methoxy groups -OCH3 is 1. The molecule has 1 fully saturated rings. The molecule has 0 aliphatic carbocycles. The zero-order chi connectivity index (χ0) is 19.5. The number of amides is 1. The van der Waals surface area contributed by atoms with Gasteiger partial charge in [0.1, 0.15) is 17.5 Å². The summed E-state index contributed by atoms with van der Waals surface area (Å²) in [5.41, 5.74) is 2.08. The molecule has 4 rings (SSSR count). The topological polar surface area (TPSA) is 82.4 Å². The van der Waals surface area contributed by atoms with Crippen LogP contribution in [0.3, 0.4) is 0 Å². The summed E-state index contributed by atoms with van der Waals surface area (Å²) in [7, 11) is 3.39. The van der Waals surface area contributed by atoms with Crippen LogP contribution in [0.5, 0.6) is 11.6 Å². The Balaban J connectivity index is 1.49. The van der Waals surface area contributed by atoms with Crippen molar-refractivity contribution in [3.8, 4) is 22.9 Å². The summed E-state index contributed by atoms with van der Waals surface area (Å²) in [6.07, 6.45) is 5.41. The highest BCUT2D eigenvalue weighted by Crippen LogP contribution is 2.29. The van der Waals surface area contributed by atoms with Crippen LogP contribution in [0.1, 0.15) is 16.9 Å². The van der Waals surface area contributed by atoms with E-state index in [1.54, 1.807) is 48.4 Å². The zero-order valence-electron chi connectivity index (χ0n) is 15.8. The fourth-order valence-electron chi connectivity index (χ4n) is 3.34. The summed E-state index contributed by atoms with van der Waals surface area (Å²) < 4.78 is 12.8. The molecule has 1 atom stereocenters. The van der Waals surface area contributed by atoms with Gasteiger partial charge in [0.05, 0.1) is 25.5 Å². The Morgan fingerprint density at radius 2 is 2.11 bits per heavy atom. The highest BCUT2D eigenvalue weighted by atomic mass is 16.5. The van der Waals surface area contributed by atoms with Gasteiger partial charge in [0, 0.05) is 38.0 Å². The minimum atomic E-state index is -0.0948. The Labute approximate surface area is 162 Å². The lowest BCUT2D eigenvalue weighted by Gasteiger charge is -2.16. The highest BCUT2D eigenvalue weighted by Gasteiger charge is 2.30. The molecular formula is C20H21N5O3. The van der Waals surface area contributed by atoms with Gasteiger partial charge in [-0.15, -0.1) is 0 Å². The minimum Gasteiger partial charge on any atom is -0.496 e. The number of benzene rings is 1. The van der Waals surface area contributed by atoms with E-state index >= 15 is 0 Å². The molecule has 0 radical (unpaired) electrons. The van der Waals surface area contributed by atoms with E-state index in [0.717, 1.165) is 17.7 Å². The SMILES string of the molecule is COc1ccccc1-c1cc(C(=O)N2CCC(Oc3cnccn3)C2)n(C)n1. The number of likely N-dealkylation sites (tertiary alicyclic amines) is 1. The third-order valence-corrected chi connectivity index (χ3v) is 4.74. The van der Waals surface area contributed by atoms with E-state index in [1.165, 1.54) is 0 Å². The van der Waals surface area contributed by atoms with Gasteiger partial charge >= 0.3 is 0 Å². The van der Waals surface area contributed by atoms with Crippen LogP contribution in [0.2, 0.25) is 0 Å². The molecule has 1 amide bonds. The maximum atomic E-state index is 13.0. The molecule has 1 aliphatic rings. The number of aromatic nitrogens is 4. The second kappa shape index (κ2) is 7.67. The Morgan fingerprint density at radius 3 is 2.89 bits per heavy atom. The average molecular weight is 379 g/mol. The van der Waals surface area contributed by atoms with E-state index in [4.69, 9.17) is 9.47 Å². The van der Waals surface area contributed by atoms with Crippen molar-refractivity contribution >= 4 is 5.91 Å². The van der Waals surface area contributed by atoms with Crippen LogP contribution in [-0.4, -0.2) is 56.9 Å². The first-order chi connectivity index (χ1) is 13.7. The van der Waals surface area contributed by atoms with E-state index in [1.807, 2.05) is 24.3 Å². The van der Waals surface area contributed by atoms with Gasteiger partial charge in [0.2, 0.25) is 5.88 Å². The molecule has 0 N–H and O–H groups in total. The monoisotopic (exact) mass is 379 g/mol. The first-order valence-electron chi connectivity index (χ1n) is 9.05. The second-order valence-corrected chi connectivity index (χ2v) is 6.56. The lowest BCUT2D eigenvalue weighted by atomic mass is 10.1. The van der Waals surface area contributed by atoms with E-state index in [-0.39, 0.29) is 12.0 Å². The van der Waals surface area contributed by atoms with Crippen molar-refractivity contribution in [1.29, 1.82) is 0 Å². The minimum absolute atomic E-state index is 0.0682. The predicted octanol–water partition coefficient (Wildman–Crippen LogP) is 2.18. The van der Waals surface area contributed by atoms with Gasteiger partial charge in [0.15, 0.2) is 0 Å². The van der Waals surface area contributed by atoms with Gasteiger partial charge in [-0.2, -0.15) is 5.10 Å². The molecule has 2 aromatic heterocycles. The van der Waals surface area contributed by atoms with Crippen molar-refractivity contribution in [3.63, 3.8) is 0 Å². The van der Waals surface area contributed by atoms with E-state index in [2.05, 4.69) is 15.1 Å². The quantitative estimate of drug-likeness (QED) is 0.676. The van der Waals surface area contributed by atoms with E-state index < -0.39 is 0 Å². The number of hydrogen-bond acceptors (Lipinski definition) is 6. The van der Waals surface area contributed by atoms with Crippen molar-refractivity contribution in [2.24, 2.45) is 7.05 Å². The average Bonchev–Trinajstić information content (AvgIpc) is 3.35. The molecule has 0 spiro atoms. The molecule has 1 unspecified atom stereocenters. The number of carbonyl (C=O) groups excluding carboxylic acids is 1. The van der Waals surface area contributed by atoms with Crippen LogP contribution in [0.15, 0.2) is 48.9 Å². The third kappa shape index (κ3) is 3.53. The van der Waals surface area contributed by atoms with E-state index in [9.17, 15) is 4.79 Å². The number of ether oxygens (including phenoxy) is 2. The molecule has 8 heteroatoms. The largest absolute Gasteiger partial charge is 0.496 e. The molecule has 0 bridgehead atoms. The van der Waals surface area contributed by atoms with Crippen LogP contribution in [-0.2, 0) is 7.05 Å². The first kappa shape index (κ1) is 18.0. The van der Waals surface area contributed by atoms with E-state index in [0.29, 0.717) is 30.4 Å². The summed E-state index contributed by atoms with van der Waals surface area (Å²) in [6.45, 7) is 1.13. The van der Waals surface area contributed by atoms with Crippen molar-refractivity contribution in [3.05, 3.63) is 54.6 Å². The van der Waals surface area contributed by atoms with Crippen LogP contribution in [0, 0.1) is 0 Å². The number of para-hydroxylation sites is 1. The van der Waals surface area contributed by atoms with Gasteiger partial charge < -0.3 is 14.4 Å². The van der Waals surface area contributed by atoms with Crippen LogP contribution in [0.4, 0.5) is 0 Å². The normalized spacial score (nSPS) is 16.2. The lowest BCUT2D eigenvalue weighted by molar-refractivity contribution is 0.0760. The number of nitrogens with zero attached hydrogens (tertiary/aromatic N) is 5. The predicted molar refractivity (Wildman–Crippen MR) is 102 cm³/mol. The lowest BCUT2D eigenvalue weighted by Crippen LogP contribution is -2.32. The van der Waals surface area contributed by atoms with Gasteiger partial charge in [-0.1, -0.05) is 12.1 Å². The summed E-state index contributed by atoms with van der Waals surface area (Å²) in [5.74, 6) is 1.13. The van der Waals surface area contributed by atoms with Gasteiger partial charge in [-0.3, -0.25) is 14.5 Å². The van der Waals surface area contributed by atoms with Crippen molar-refractivity contribution < 1.29 is 14.3 Å². The second-order valence-electron chi connectivity index (χ2n) is 6.56. The zero-order valence-corrected chi connectivity index (χ0v) is 15.8. The molecule has 0 saturated carbocycles. The summed E-state index contributed by atoms with van der Waals surface area (Å²) in [4.78, 5) is 22.9. The Kier molecular flexibility index (Phi) is 4.92. The Morgan fingerprint density at radius 1 is 1.25 bits per heavy atom. The maximum Gasteiger partial charge on any atom is 0.272 e. The number of carbonyl (C=O) groups is 1. The summed E-state index contributed by atoms with van der Waals surface area (Å²) >= 11 is 0. The first-order valence-corrected chi connectivity index (χ1v) is 9.05. The van der Waals surface area contributed by atoms with Gasteiger partial charge in [-0.25, -0.2) is 4.98 Å². The highest BCUT2D eigenvalue weighted by molar-refractivity contribution is 5.94. The molecule has 1 aliphatic heterocycles. The van der Waals surface area contributed by atoms with Crippen LogP contribution >= 0.6 is 0 Å². The number of aryl methyl sites for hydroxylation is 1. The summed E-state index contributed by atoms with van der Waals surface area (Å²) in [6, 6.07) is 9.43. The number of hydrogen-bond donors (Lipinski definition) is 0. The maximum absolute atomic E-state index is 13.0. The molecule has 1 aromatic carbocycles. The van der Waals surface area contributed by atoms with Crippen LogP contribution < -0.4 is 9.47 Å². The van der Waals surface area contributed by atoms with Gasteiger partial charge in [-0.05, 0) is 18.2 Å². The van der Waals surface area contributed by atoms with Crippen LogP contribution in [0.25, 0.3) is 11.3 Å².